The normalized spacial score (nSPS) is 18.0. The first-order valence-electron chi connectivity index (χ1n) is 7.41. The van der Waals surface area contributed by atoms with Crippen LogP contribution in [-0.2, 0) is 6.54 Å². The summed E-state index contributed by atoms with van der Waals surface area (Å²) in [6, 6.07) is 9.83. The van der Waals surface area contributed by atoms with E-state index in [4.69, 9.17) is 0 Å². The van der Waals surface area contributed by atoms with E-state index in [0.29, 0.717) is 19.0 Å². The zero-order valence-corrected chi connectivity index (χ0v) is 12.3. The number of urea groups is 1. The van der Waals surface area contributed by atoms with Crippen LogP contribution in [0.1, 0.15) is 38.7 Å². The largest absolute Gasteiger partial charge is 0.338 e. The highest BCUT2D eigenvalue weighted by atomic mass is 16.2. The number of amides is 2. The van der Waals surface area contributed by atoms with Crippen molar-refractivity contribution in [2.75, 3.05) is 6.54 Å². The molecule has 1 aromatic rings. The molecule has 2 rings (SSSR count). The van der Waals surface area contributed by atoms with Crippen LogP contribution in [0.4, 0.5) is 4.79 Å². The predicted molar refractivity (Wildman–Crippen MR) is 81.5 cm³/mol. The van der Waals surface area contributed by atoms with E-state index in [1.54, 1.807) is 5.01 Å². The molecule has 0 spiro atoms. The van der Waals surface area contributed by atoms with E-state index in [1.165, 1.54) is 5.71 Å². The second-order valence-corrected chi connectivity index (χ2v) is 5.17. The molecule has 2 amide bonds. The molecule has 20 heavy (non-hydrogen) atoms. The van der Waals surface area contributed by atoms with E-state index >= 15 is 0 Å². The lowest BCUT2D eigenvalue weighted by molar-refractivity contribution is 0.201. The lowest BCUT2D eigenvalue weighted by Crippen LogP contribution is -2.35. The van der Waals surface area contributed by atoms with Gasteiger partial charge in [-0.05, 0) is 18.4 Å². The van der Waals surface area contributed by atoms with Crippen LogP contribution in [0.5, 0.6) is 0 Å². The molecule has 4 heteroatoms. The van der Waals surface area contributed by atoms with Gasteiger partial charge < -0.3 is 5.32 Å². The van der Waals surface area contributed by atoms with Crippen molar-refractivity contribution in [3.8, 4) is 0 Å². The smallest absolute Gasteiger partial charge is 0.332 e. The Bertz CT molecular complexity index is 470. The van der Waals surface area contributed by atoms with Crippen LogP contribution in [0.3, 0.4) is 0 Å². The molecule has 0 fully saturated rings. The summed E-state index contributed by atoms with van der Waals surface area (Å²) >= 11 is 0. The van der Waals surface area contributed by atoms with Crippen molar-refractivity contribution >= 4 is 11.7 Å². The molecule has 4 nitrogen and oxygen atoms in total. The van der Waals surface area contributed by atoms with Gasteiger partial charge in [0.25, 0.3) is 0 Å². The summed E-state index contributed by atoms with van der Waals surface area (Å²) in [7, 11) is 0. The van der Waals surface area contributed by atoms with Gasteiger partial charge in [0.1, 0.15) is 0 Å². The zero-order valence-electron chi connectivity index (χ0n) is 12.3. The van der Waals surface area contributed by atoms with Crippen LogP contribution >= 0.6 is 0 Å². The molecule has 108 valence electrons. The van der Waals surface area contributed by atoms with Crippen molar-refractivity contribution in [1.29, 1.82) is 0 Å². The first kappa shape index (κ1) is 14.6. The van der Waals surface area contributed by atoms with Crippen LogP contribution in [0.2, 0.25) is 0 Å². The van der Waals surface area contributed by atoms with Gasteiger partial charge in [0.05, 0.1) is 6.54 Å². The topological polar surface area (TPSA) is 44.7 Å². The van der Waals surface area contributed by atoms with Gasteiger partial charge in [-0.3, -0.25) is 0 Å². The van der Waals surface area contributed by atoms with E-state index in [9.17, 15) is 4.79 Å². The molecule has 1 atom stereocenters. The molecule has 0 radical (unpaired) electrons. The molecule has 1 unspecified atom stereocenters. The van der Waals surface area contributed by atoms with Gasteiger partial charge in [-0.15, -0.1) is 0 Å². The SMILES string of the molecule is CCCC1=NN(C(=O)NCc2ccccc2)CC1CC. The number of nitrogens with one attached hydrogen (secondary N) is 1. The minimum atomic E-state index is -0.0987. The molecule has 1 aromatic carbocycles. The van der Waals surface area contributed by atoms with Crippen molar-refractivity contribution in [3.63, 3.8) is 0 Å². The minimum Gasteiger partial charge on any atom is -0.332 e. The highest BCUT2D eigenvalue weighted by Gasteiger charge is 2.27. The van der Waals surface area contributed by atoms with Gasteiger partial charge in [-0.2, -0.15) is 5.10 Å². The summed E-state index contributed by atoms with van der Waals surface area (Å²) in [5.74, 6) is 0.428. The molecule has 0 saturated heterocycles. The third kappa shape index (κ3) is 3.59. The monoisotopic (exact) mass is 273 g/mol. The maximum absolute atomic E-state index is 12.1. The van der Waals surface area contributed by atoms with Gasteiger partial charge in [0.2, 0.25) is 0 Å². The molecule has 0 saturated carbocycles. The van der Waals surface area contributed by atoms with E-state index in [2.05, 4.69) is 24.3 Å². The summed E-state index contributed by atoms with van der Waals surface area (Å²) in [5, 5.41) is 8.99. The second-order valence-electron chi connectivity index (χ2n) is 5.17. The van der Waals surface area contributed by atoms with Crippen LogP contribution < -0.4 is 5.32 Å². The van der Waals surface area contributed by atoms with Crippen molar-refractivity contribution in [1.82, 2.24) is 10.3 Å². The van der Waals surface area contributed by atoms with Crippen LogP contribution in [0.25, 0.3) is 0 Å². The maximum Gasteiger partial charge on any atom is 0.338 e. The van der Waals surface area contributed by atoms with Crippen LogP contribution in [0, 0.1) is 5.92 Å². The molecule has 0 aliphatic carbocycles. The summed E-state index contributed by atoms with van der Waals surface area (Å²) in [5.41, 5.74) is 2.27. The Labute approximate surface area is 120 Å². The van der Waals surface area contributed by atoms with E-state index in [1.807, 2.05) is 30.3 Å². The lowest BCUT2D eigenvalue weighted by atomic mass is 9.98. The van der Waals surface area contributed by atoms with Crippen molar-refractivity contribution in [2.24, 2.45) is 11.0 Å². The first-order chi connectivity index (χ1) is 9.74. The average molecular weight is 273 g/mol. The number of carbonyl (C=O) groups is 1. The van der Waals surface area contributed by atoms with E-state index < -0.39 is 0 Å². The van der Waals surface area contributed by atoms with Crippen molar-refractivity contribution in [3.05, 3.63) is 35.9 Å². The maximum atomic E-state index is 12.1. The molecule has 0 aromatic heterocycles. The molecular formula is C16H23N3O. The van der Waals surface area contributed by atoms with Gasteiger partial charge in [-0.25, -0.2) is 9.80 Å². The number of carbonyl (C=O) groups excluding carboxylic acids is 1. The quantitative estimate of drug-likeness (QED) is 0.878. The molecule has 0 bridgehead atoms. The fraction of sp³-hybridized carbons (Fsp3) is 0.500. The summed E-state index contributed by atoms with van der Waals surface area (Å²) in [4.78, 5) is 12.1. The van der Waals surface area contributed by atoms with Gasteiger partial charge in [-0.1, -0.05) is 50.6 Å². The molecule has 1 N–H and O–H groups in total. The Morgan fingerprint density at radius 2 is 2.10 bits per heavy atom. The summed E-state index contributed by atoms with van der Waals surface area (Å²) < 4.78 is 0. The number of hydrazone groups is 1. The highest BCUT2D eigenvalue weighted by molar-refractivity contribution is 5.90. The number of hydrogen-bond acceptors (Lipinski definition) is 2. The van der Waals surface area contributed by atoms with Crippen molar-refractivity contribution < 1.29 is 4.79 Å². The number of rotatable bonds is 5. The minimum absolute atomic E-state index is 0.0987. The standard InChI is InChI=1S/C16H23N3O/c1-3-8-15-14(4-2)12-19(18-15)16(20)17-11-13-9-6-5-7-10-13/h5-7,9-10,14H,3-4,8,11-12H2,1-2H3,(H,17,20). The number of hydrogen-bond donors (Lipinski definition) is 1. The lowest BCUT2D eigenvalue weighted by Gasteiger charge is -2.14. The van der Waals surface area contributed by atoms with Gasteiger partial charge in [0, 0.05) is 18.2 Å². The molecule has 1 aliphatic heterocycles. The third-order valence-corrected chi connectivity index (χ3v) is 3.63. The zero-order chi connectivity index (χ0) is 14.4. The third-order valence-electron chi connectivity index (χ3n) is 3.63. The van der Waals surface area contributed by atoms with Crippen LogP contribution in [0.15, 0.2) is 35.4 Å². The molecule has 1 heterocycles. The van der Waals surface area contributed by atoms with Crippen LogP contribution in [-0.4, -0.2) is 23.3 Å². The Morgan fingerprint density at radius 1 is 1.35 bits per heavy atom. The Balaban J connectivity index is 1.90. The molecule has 1 aliphatic rings. The fourth-order valence-electron chi connectivity index (χ4n) is 2.46. The Morgan fingerprint density at radius 3 is 2.75 bits per heavy atom. The molecular weight excluding hydrogens is 250 g/mol. The second kappa shape index (κ2) is 7.08. The fourth-order valence-corrected chi connectivity index (χ4v) is 2.46. The number of benzene rings is 1. The summed E-state index contributed by atoms with van der Waals surface area (Å²) in [6.07, 6.45) is 3.11. The first-order valence-corrected chi connectivity index (χ1v) is 7.41. The van der Waals surface area contributed by atoms with E-state index in [0.717, 1.165) is 24.8 Å². The Hall–Kier alpha value is -1.84. The average Bonchev–Trinajstić information content (AvgIpc) is 2.89. The highest BCUT2D eigenvalue weighted by Crippen LogP contribution is 2.20. The Kier molecular flexibility index (Phi) is 5.16. The van der Waals surface area contributed by atoms with Gasteiger partial charge >= 0.3 is 6.03 Å². The predicted octanol–water partition coefficient (Wildman–Crippen LogP) is 3.39. The van der Waals surface area contributed by atoms with Crippen molar-refractivity contribution in [2.45, 2.75) is 39.7 Å². The van der Waals surface area contributed by atoms with E-state index in [-0.39, 0.29) is 6.03 Å². The van der Waals surface area contributed by atoms with Gasteiger partial charge in [0.15, 0.2) is 0 Å². The number of nitrogens with zero attached hydrogens (tertiary/aromatic N) is 2. The summed E-state index contributed by atoms with van der Waals surface area (Å²) in [6.45, 7) is 5.56.